The molecule has 0 bridgehead atoms. The molecule has 1 aromatic heterocycles. The third kappa shape index (κ3) is 4.69. The highest BCUT2D eigenvalue weighted by molar-refractivity contribution is 6.19. The Morgan fingerprint density at radius 3 is 1.75 bits per heavy atom. The van der Waals surface area contributed by atoms with Crippen molar-refractivity contribution in [3.63, 3.8) is 0 Å². The van der Waals surface area contributed by atoms with Gasteiger partial charge in [0.15, 0.2) is 17.5 Å². The zero-order valence-electron chi connectivity index (χ0n) is 28.4. The molecule has 0 unspecified atom stereocenters. The molecule has 0 saturated carbocycles. The van der Waals surface area contributed by atoms with Gasteiger partial charge in [0.05, 0.1) is 0 Å². The van der Waals surface area contributed by atoms with Gasteiger partial charge in [-0.05, 0) is 77.8 Å². The van der Waals surface area contributed by atoms with Gasteiger partial charge >= 0.3 is 0 Å². The average Bonchev–Trinajstić information content (AvgIpc) is 3.42. The Balaban J connectivity index is 1.13. The molecule has 0 fully saturated rings. The Kier molecular flexibility index (Phi) is 6.53. The molecule has 1 aliphatic carbocycles. The maximum atomic E-state index is 5.25. The van der Waals surface area contributed by atoms with Gasteiger partial charge in [-0.25, -0.2) is 15.0 Å². The molecule has 1 aliphatic rings. The Morgan fingerprint density at radius 2 is 0.941 bits per heavy atom. The maximum absolute atomic E-state index is 5.25. The van der Waals surface area contributed by atoms with E-state index in [9.17, 15) is 0 Å². The van der Waals surface area contributed by atoms with Gasteiger partial charge in [-0.2, -0.15) is 0 Å². The molecule has 8 aromatic carbocycles. The third-order valence-corrected chi connectivity index (χ3v) is 10.7. The zero-order valence-corrected chi connectivity index (χ0v) is 28.4. The number of rotatable bonds is 4. The predicted molar refractivity (Wildman–Crippen MR) is 212 cm³/mol. The second kappa shape index (κ2) is 11.3. The molecule has 240 valence electrons. The van der Waals surface area contributed by atoms with E-state index in [0.717, 1.165) is 38.4 Å². The molecule has 0 N–H and O–H groups in total. The first-order chi connectivity index (χ1) is 25.0. The van der Waals surface area contributed by atoms with Gasteiger partial charge in [-0.15, -0.1) is 0 Å². The van der Waals surface area contributed by atoms with Crippen LogP contribution in [-0.2, 0) is 5.41 Å². The molecule has 3 nitrogen and oxygen atoms in total. The summed E-state index contributed by atoms with van der Waals surface area (Å²) in [5, 5.41) is 7.02. The predicted octanol–water partition coefficient (Wildman–Crippen LogP) is 12.3. The quantitative estimate of drug-likeness (QED) is 0.140. The average molecular weight is 652 g/mol. The lowest BCUT2D eigenvalue weighted by Gasteiger charge is -2.22. The summed E-state index contributed by atoms with van der Waals surface area (Å²) in [6.45, 7) is 4.66. The molecule has 0 amide bonds. The summed E-state index contributed by atoms with van der Waals surface area (Å²) in [4.78, 5) is 15.5. The topological polar surface area (TPSA) is 38.7 Å². The van der Waals surface area contributed by atoms with E-state index >= 15 is 0 Å². The largest absolute Gasteiger partial charge is 0.208 e. The molecular formula is C48H33N3. The van der Waals surface area contributed by atoms with Crippen molar-refractivity contribution in [1.29, 1.82) is 0 Å². The summed E-state index contributed by atoms with van der Waals surface area (Å²) in [5.41, 5.74) is 10.7. The second-order valence-electron chi connectivity index (χ2n) is 14.0. The van der Waals surface area contributed by atoms with Crippen molar-refractivity contribution in [3.05, 3.63) is 175 Å². The summed E-state index contributed by atoms with van der Waals surface area (Å²) in [7, 11) is 0. The first kappa shape index (κ1) is 29.5. The van der Waals surface area contributed by atoms with Crippen LogP contribution in [-0.4, -0.2) is 15.0 Å². The van der Waals surface area contributed by atoms with E-state index in [1.54, 1.807) is 0 Å². The van der Waals surface area contributed by atoms with E-state index in [1.165, 1.54) is 44.0 Å². The van der Waals surface area contributed by atoms with Crippen molar-refractivity contribution < 1.29 is 0 Å². The molecule has 9 aromatic rings. The lowest BCUT2D eigenvalue weighted by Crippen LogP contribution is -2.14. The fourth-order valence-corrected chi connectivity index (χ4v) is 8.09. The zero-order chi connectivity index (χ0) is 34.1. The van der Waals surface area contributed by atoms with Gasteiger partial charge in [-0.1, -0.05) is 166 Å². The first-order valence-electron chi connectivity index (χ1n) is 17.5. The lowest BCUT2D eigenvalue weighted by atomic mass is 9.81. The summed E-state index contributed by atoms with van der Waals surface area (Å²) < 4.78 is 0. The highest BCUT2D eigenvalue weighted by Gasteiger charge is 2.35. The number of fused-ring (bicyclic) bond motifs is 7. The fraction of sp³-hybridized carbons (Fsp3) is 0.0625. The Labute approximate surface area is 297 Å². The van der Waals surface area contributed by atoms with Crippen LogP contribution in [0.25, 0.3) is 88.7 Å². The molecule has 0 radical (unpaired) electrons. The smallest absolute Gasteiger partial charge is 0.165 e. The summed E-state index contributed by atoms with van der Waals surface area (Å²) in [6, 6.07) is 58.4. The van der Waals surface area contributed by atoms with Crippen LogP contribution in [0, 0.1) is 0 Å². The first-order valence-corrected chi connectivity index (χ1v) is 17.5. The number of aromatic nitrogens is 3. The third-order valence-electron chi connectivity index (χ3n) is 10.7. The molecule has 0 atom stereocenters. The van der Waals surface area contributed by atoms with Gasteiger partial charge in [-0.3, -0.25) is 0 Å². The van der Waals surface area contributed by atoms with E-state index in [4.69, 9.17) is 15.0 Å². The van der Waals surface area contributed by atoms with Gasteiger partial charge in [0, 0.05) is 22.1 Å². The van der Waals surface area contributed by atoms with Crippen LogP contribution in [0.3, 0.4) is 0 Å². The summed E-state index contributed by atoms with van der Waals surface area (Å²) in [6.07, 6.45) is 0. The van der Waals surface area contributed by atoms with E-state index < -0.39 is 0 Å². The maximum Gasteiger partial charge on any atom is 0.165 e. The van der Waals surface area contributed by atoms with Crippen LogP contribution < -0.4 is 0 Å². The molecule has 3 heteroatoms. The Morgan fingerprint density at radius 1 is 0.353 bits per heavy atom. The van der Waals surface area contributed by atoms with E-state index in [2.05, 4.69) is 159 Å². The van der Waals surface area contributed by atoms with Crippen LogP contribution >= 0.6 is 0 Å². The van der Waals surface area contributed by atoms with Crippen molar-refractivity contribution in [3.8, 4) is 56.4 Å². The SMILES string of the molecule is CC1(C)c2ccccc2-c2ccc(-c3ccc(-c4nc(-c5ccccc5)nc(-c5c6ccccc6cc6c5ccc5ccccc56)n4)cc3)cc21. The monoisotopic (exact) mass is 651 g/mol. The van der Waals surface area contributed by atoms with Crippen LogP contribution in [0.5, 0.6) is 0 Å². The summed E-state index contributed by atoms with van der Waals surface area (Å²) in [5.74, 6) is 1.97. The lowest BCUT2D eigenvalue weighted by molar-refractivity contribution is 0.660. The minimum absolute atomic E-state index is 0.0466. The van der Waals surface area contributed by atoms with E-state index in [1.807, 2.05) is 18.2 Å². The number of benzene rings is 8. The molecule has 0 aliphatic heterocycles. The number of hydrogen-bond acceptors (Lipinski definition) is 3. The highest BCUT2D eigenvalue weighted by Crippen LogP contribution is 2.49. The molecule has 1 heterocycles. The highest BCUT2D eigenvalue weighted by atomic mass is 15.0. The standard InChI is InChI=1S/C48H33N3/c1-48(2)42-19-11-10-18-38(42)39-26-25-34(29-43(39)48)30-20-22-33(23-21-30)46-49-45(32-13-4-3-5-14-32)50-47(51-46)44-37-17-9-7-15-35(37)28-41-36-16-8-6-12-31(36)24-27-40(41)44/h3-29H,1-2H3. The molecule has 51 heavy (non-hydrogen) atoms. The van der Waals surface area contributed by atoms with Crippen LogP contribution in [0.2, 0.25) is 0 Å². The van der Waals surface area contributed by atoms with Crippen LogP contribution in [0.15, 0.2) is 164 Å². The Bertz CT molecular complexity index is 2820. The normalized spacial score (nSPS) is 13.1. The van der Waals surface area contributed by atoms with Crippen molar-refractivity contribution in [2.75, 3.05) is 0 Å². The van der Waals surface area contributed by atoms with Gasteiger partial charge in [0.2, 0.25) is 0 Å². The second-order valence-corrected chi connectivity index (χ2v) is 14.0. The number of nitrogens with zero attached hydrogens (tertiary/aromatic N) is 3. The molecular weight excluding hydrogens is 619 g/mol. The van der Waals surface area contributed by atoms with Crippen molar-refractivity contribution in [1.82, 2.24) is 15.0 Å². The van der Waals surface area contributed by atoms with Crippen molar-refractivity contribution >= 4 is 32.3 Å². The van der Waals surface area contributed by atoms with Crippen LogP contribution in [0.1, 0.15) is 25.0 Å². The minimum Gasteiger partial charge on any atom is -0.208 e. The molecule has 10 rings (SSSR count). The molecule has 0 spiro atoms. The van der Waals surface area contributed by atoms with Gasteiger partial charge < -0.3 is 0 Å². The van der Waals surface area contributed by atoms with Gasteiger partial charge in [0.1, 0.15) is 0 Å². The van der Waals surface area contributed by atoms with Crippen LogP contribution in [0.4, 0.5) is 0 Å². The minimum atomic E-state index is -0.0466. The van der Waals surface area contributed by atoms with E-state index in [-0.39, 0.29) is 5.41 Å². The number of hydrogen-bond donors (Lipinski definition) is 0. The van der Waals surface area contributed by atoms with Gasteiger partial charge in [0.25, 0.3) is 0 Å². The summed E-state index contributed by atoms with van der Waals surface area (Å²) >= 11 is 0. The Hall–Kier alpha value is -6.45. The van der Waals surface area contributed by atoms with Crippen molar-refractivity contribution in [2.45, 2.75) is 19.3 Å². The van der Waals surface area contributed by atoms with Crippen molar-refractivity contribution in [2.24, 2.45) is 0 Å². The molecule has 0 saturated heterocycles. The fourth-order valence-electron chi connectivity index (χ4n) is 8.09. The van der Waals surface area contributed by atoms with E-state index in [0.29, 0.717) is 17.5 Å².